The smallest absolute Gasteiger partial charge is 0.123 e. The van der Waals surface area contributed by atoms with Gasteiger partial charge in [0.2, 0.25) is 0 Å². The van der Waals surface area contributed by atoms with Crippen LogP contribution in [0.2, 0.25) is 0 Å². The van der Waals surface area contributed by atoms with Crippen LogP contribution in [0.4, 0.5) is 0 Å². The van der Waals surface area contributed by atoms with E-state index in [0.29, 0.717) is 17.9 Å². The van der Waals surface area contributed by atoms with Crippen molar-refractivity contribution in [3.05, 3.63) is 59.2 Å². The maximum atomic E-state index is 10.2. The van der Waals surface area contributed by atoms with E-state index in [4.69, 9.17) is 5.73 Å². The fourth-order valence-electron chi connectivity index (χ4n) is 1.73. The van der Waals surface area contributed by atoms with E-state index in [1.165, 1.54) is 0 Å². The van der Waals surface area contributed by atoms with E-state index >= 15 is 0 Å². The van der Waals surface area contributed by atoms with Gasteiger partial charge in [0, 0.05) is 24.0 Å². The van der Waals surface area contributed by atoms with Crippen LogP contribution in [0.1, 0.15) is 28.7 Å². The summed E-state index contributed by atoms with van der Waals surface area (Å²) in [6.07, 6.45) is 0.880. The third kappa shape index (κ3) is 2.49. The minimum Gasteiger partial charge on any atom is -0.382 e. The molecule has 4 heteroatoms. The first-order valence-corrected chi connectivity index (χ1v) is 5.48. The lowest BCUT2D eigenvalue weighted by Crippen LogP contribution is -2.11. The van der Waals surface area contributed by atoms with Crippen molar-refractivity contribution in [2.45, 2.75) is 19.6 Å². The molecular weight excluding hydrogens is 214 g/mol. The average molecular weight is 229 g/mol. The summed E-state index contributed by atoms with van der Waals surface area (Å²) in [4.78, 5) is 8.46. The van der Waals surface area contributed by atoms with Gasteiger partial charge in [-0.05, 0) is 25.1 Å². The standard InChI is InChI=1S/C13H15N3O/c1-9-5-6-10(12(8-14)16-9)13(17)11-4-2-3-7-15-11/h2-7,13,17H,8,14H2,1H3. The van der Waals surface area contributed by atoms with E-state index in [2.05, 4.69) is 9.97 Å². The molecular formula is C13H15N3O. The molecule has 0 aromatic carbocycles. The van der Waals surface area contributed by atoms with Gasteiger partial charge in [-0.1, -0.05) is 12.1 Å². The fraction of sp³-hybridized carbons (Fsp3) is 0.231. The lowest BCUT2D eigenvalue weighted by molar-refractivity contribution is 0.213. The summed E-state index contributed by atoms with van der Waals surface area (Å²) in [6, 6.07) is 9.15. The van der Waals surface area contributed by atoms with Crippen LogP contribution in [0.3, 0.4) is 0 Å². The van der Waals surface area contributed by atoms with Crippen molar-refractivity contribution in [3.63, 3.8) is 0 Å². The minimum absolute atomic E-state index is 0.306. The molecule has 17 heavy (non-hydrogen) atoms. The highest BCUT2D eigenvalue weighted by Crippen LogP contribution is 2.22. The van der Waals surface area contributed by atoms with Gasteiger partial charge in [-0.25, -0.2) is 0 Å². The van der Waals surface area contributed by atoms with E-state index in [1.54, 1.807) is 12.3 Å². The van der Waals surface area contributed by atoms with Crippen molar-refractivity contribution < 1.29 is 5.11 Å². The first kappa shape index (κ1) is 11.7. The first-order valence-electron chi connectivity index (χ1n) is 5.48. The van der Waals surface area contributed by atoms with Crippen LogP contribution in [0.15, 0.2) is 36.5 Å². The zero-order chi connectivity index (χ0) is 12.3. The molecule has 3 N–H and O–H groups in total. The van der Waals surface area contributed by atoms with Crippen LogP contribution in [-0.2, 0) is 6.54 Å². The Bertz CT molecular complexity index is 499. The highest BCUT2D eigenvalue weighted by atomic mass is 16.3. The summed E-state index contributed by atoms with van der Waals surface area (Å²) >= 11 is 0. The van der Waals surface area contributed by atoms with Crippen molar-refractivity contribution >= 4 is 0 Å². The summed E-state index contributed by atoms with van der Waals surface area (Å²) in [7, 11) is 0. The van der Waals surface area contributed by atoms with Crippen LogP contribution in [0.25, 0.3) is 0 Å². The molecule has 0 aliphatic rings. The Hall–Kier alpha value is -1.78. The van der Waals surface area contributed by atoms with Crippen molar-refractivity contribution in [2.75, 3.05) is 0 Å². The third-order valence-electron chi connectivity index (χ3n) is 2.60. The van der Waals surface area contributed by atoms with E-state index < -0.39 is 6.10 Å². The van der Waals surface area contributed by atoms with Gasteiger partial charge in [-0.3, -0.25) is 9.97 Å². The van der Waals surface area contributed by atoms with Crippen LogP contribution in [0, 0.1) is 6.92 Å². The van der Waals surface area contributed by atoms with Crippen LogP contribution in [-0.4, -0.2) is 15.1 Å². The Morgan fingerprint density at radius 1 is 1.29 bits per heavy atom. The topological polar surface area (TPSA) is 72.0 Å². The Kier molecular flexibility index (Phi) is 3.46. The Morgan fingerprint density at radius 2 is 2.12 bits per heavy atom. The van der Waals surface area contributed by atoms with Gasteiger partial charge in [0.1, 0.15) is 6.10 Å². The first-order chi connectivity index (χ1) is 8.22. The normalized spacial score (nSPS) is 12.4. The van der Waals surface area contributed by atoms with Crippen molar-refractivity contribution in [1.29, 1.82) is 0 Å². The molecule has 0 aliphatic carbocycles. The molecule has 1 unspecified atom stereocenters. The summed E-state index contributed by atoms with van der Waals surface area (Å²) in [5.74, 6) is 0. The Morgan fingerprint density at radius 3 is 2.76 bits per heavy atom. The zero-order valence-electron chi connectivity index (χ0n) is 9.67. The number of nitrogens with two attached hydrogens (primary N) is 1. The lowest BCUT2D eigenvalue weighted by atomic mass is 10.0. The molecule has 0 saturated carbocycles. The quantitative estimate of drug-likeness (QED) is 0.832. The van der Waals surface area contributed by atoms with Crippen LogP contribution < -0.4 is 5.73 Å². The number of aliphatic hydroxyl groups excluding tert-OH is 1. The van der Waals surface area contributed by atoms with Gasteiger partial charge < -0.3 is 10.8 Å². The highest BCUT2D eigenvalue weighted by molar-refractivity contribution is 5.30. The highest BCUT2D eigenvalue weighted by Gasteiger charge is 2.15. The molecule has 2 aromatic rings. The lowest BCUT2D eigenvalue weighted by Gasteiger charge is -2.14. The monoisotopic (exact) mass is 229 g/mol. The van der Waals surface area contributed by atoms with Gasteiger partial charge >= 0.3 is 0 Å². The third-order valence-corrected chi connectivity index (χ3v) is 2.60. The molecule has 2 aromatic heterocycles. The Labute approximate surface area is 100 Å². The summed E-state index contributed by atoms with van der Waals surface area (Å²) < 4.78 is 0. The number of aliphatic hydroxyl groups is 1. The maximum absolute atomic E-state index is 10.2. The maximum Gasteiger partial charge on any atom is 0.123 e. The van der Waals surface area contributed by atoms with Gasteiger partial charge in [0.15, 0.2) is 0 Å². The summed E-state index contributed by atoms with van der Waals surface area (Å²) in [5.41, 5.74) is 8.57. The van der Waals surface area contributed by atoms with Crippen molar-refractivity contribution in [2.24, 2.45) is 5.73 Å². The molecule has 2 rings (SSSR count). The largest absolute Gasteiger partial charge is 0.382 e. The molecule has 2 heterocycles. The molecule has 4 nitrogen and oxygen atoms in total. The fourth-order valence-corrected chi connectivity index (χ4v) is 1.73. The zero-order valence-corrected chi connectivity index (χ0v) is 9.67. The second-order valence-electron chi connectivity index (χ2n) is 3.85. The number of nitrogens with zero attached hydrogens (tertiary/aromatic N) is 2. The summed E-state index contributed by atoms with van der Waals surface area (Å²) in [5, 5.41) is 10.2. The van der Waals surface area contributed by atoms with Gasteiger partial charge in [0.25, 0.3) is 0 Å². The molecule has 88 valence electrons. The number of hydrogen-bond donors (Lipinski definition) is 2. The SMILES string of the molecule is Cc1ccc(C(O)c2ccccn2)c(CN)n1. The Balaban J connectivity index is 2.40. The number of rotatable bonds is 3. The molecule has 0 saturated heterocycles. The molecule has 0 radical (unpaired) electrons. The van der Waals surface area contributed by atoms with Gasteiger partial charge in [0.05, 0.1) is 11.4 Å². The van der Waals surface area contributed by atoms with E-state index in [-0.39, 0.29) is 0 Å². The second-order valence-corrected chi connectivity index (χ2v) is 3.85. The van der Waals surface area contributed by atoms with Gasteiger partial charge in [-0.2, -0.15) is 0 Å². The number of aromatic nitrogens is 2. The predicted molar refractivity (Wildman–Crippen MR) is 65.2 cm³/mol. The molecule has 0 fully saturated rings. The predicted octanol–water partition coefficient (Wildman–Crippen LogP) is 1.33. The average Bonchev–Trinajstić information content (AvgIpc) is 2.39. The van der Waals surface area contributed by atoms with E-state index in [1.807, 2.05) is 31.2 Å². The minimum atomic E-state index is -0.775. The molecule has 0 amide bonds. The van der Waals surface area contributed by atoms with Crippen LogP contribution >= 0.6 is 0 Å². The number of pyridine rings is 2. The van der Waals surface area contributed by atoms with E-state index in [9.17, 15) is 5.11 Å². The second kappa shape index (κ2) is 5.03. The molecule has 0 spiro atoms. The molecule has 1 atom stereocenters. The van der Waals surface area contributed by atoms with Crippen LogP contribution in [0.5, 0.6) is 0 Å². The number of hydrogen-bond acceptors (Lipinski definition) is 4. The van der Waals surface area contributed by atoms with Crippen molar-refractivity contribution in [1.82, 2.24) is 9.97 Å². The summed E-state index contributed by atoms with van der Waals surface area (Å²) in [6.45, 7) is 2.21. The van der Waals surface area contributed by atoms with Crippen molar-refractivity contribution in [3.8, 4) is 0 Å². The van der Waals surface area contributed by atoms with Gasteiger partial charge in [-0.15, -0.1) is 0 Å². The van der Waals surface area contributed by atoms with E-state index in [0.717, 1.165) is 11.3 Å². The molecule has 0 bridgehead atoms. The molecule has 0 aliphatic heterocycles. The number of aryl methyl sites for hydroxylation is 1.